The van der Waals surface area contributed by atoms with E-state index < -0.39 is 21.0 Å². The fourth-order valence-corrected chi connectivity index (χ4v) is 7.70. The van der Waals surface area contributed by atoms with Crippen LogP contribution in [0.4, 0.5) is 0 Å². The maximum Gasteiger partial charge on any atom is 0.224 e. The van der Waals surface area contributed by atoms with Crippen LogP contribution in [0.25, 0.3) is 0 Å². The monoisotopic (exact) mass is 389 g/mol. The van der Waals surface area contributed by atoms with Gasteiger partial charge in [0.25, 0.3) is 0 Å². The third-order valence-corrected chi connectivity index (χ3v) is 8.77. The summed E-state index contributed by atoms with van der Waals surface area (Å²) in [6.45, 7) is 1.81. The summed E-state index contributed by atoms with van der Waals surface area (Å²) in [6.07, 6.45) is 2.43. The number of hydrogen-bond acceptors (Lipinski definition) is 5. The molecule has 0 bridgehead atoms. The Morgan fingerprint density at radius 3 is 2.78 bits per heavy atom. The molecule has 1 spiro atoms. The molecular formula is C20H23NO5S. The molecule has 2 aliphatic carbocycles. The molecule has 1 aromatic carbocycles. The van der Waals surface area contributed by atoms with Crippen LogP contribution in [0.3, 0.4) is 0 Å². The average molecular weight is 389 g/mol. The quantitative estimate of drug-likeness (QED) is 0.832. The Morgan fingerprint density at radius 2 is 2.04 bits per heavy atom. The van der Waals surface area contributed by atoms with Gasteiger partial charge in [-0.2, -0.15) is 0 Å². The Kier molecular flexibility index (Phi) is 3.41. The van der Waals surface area contributed by atoms with Crippen LogP contribution >= 0.6 is 0 Å². The number of Topliss-reactive ketones (excluding diaryl/α,β-unsaturated/α-hetero) is 1. The van der Waals surface area contributed by atoms with Crippen LogP contribution in [0.5, 0.6) is 5.75 Å². The van der Waals surface area contributed by atoms with Crippen molar-refractivity contribution in [3.63, 3.8) is 0 Å². The van der Waals surface area contributed by atoms with E-state index in [1.165, 1.54) is 0 Å². The first-order valence-corrected chi connectivity index (χ1v) is 11.4. The summed E-state index contributed by atoms with van der Waals surface area (Å²) in [5.41, 5.74) is -0.645. The van der Waals surface area contributed by atoms with E-state index in [0.717, 1.165) is 12.8 Å². The molecule has 2 aliphatic heterocycles. The third kappa shape index (κ3) is 2.62. The second-order valence-electron chi connectivity index (χ2n) is 8.91. The van der Waals surface area contributed by atoms with E-state index in [2.05, 4.69) is 5.32 Å². The molecule has 1 N–H and O–H groups in total. The van der Waals surface area contributed by atoms with Crippen molar-refractivity contribution in [2.24, 2.45) is 17.8 Å². The third-order valence-electron chi connectivity index (χ3n) is 6.87. The van der Waals surface area contributed by atoms with Crippen molar-refractivity contribution in [1.82, 2.24) is 5.32 Å². The van der Waals surface area contributed by atoms with E-state index in [-0.39, 0.29) is 40.9 Å². The standard InChI is InChI=1S/C20H23NO5S/c1-19(8-9-27(24,25)11-19)21-18(23)16-13-6-7-20(17(13)16)10-14(22)12-4-2-3-5-15(12)26-20/h2-5,13,16-17H,6-11H2,1H3,(H,21,23). The number of hydrogen-bond donors (Lipinski definition) is 1. The fourth-order valence-electron chi connectivity index (χ4n) is 5.61. The molecule has 5 unspecified atom stereocenters. The van der Waals surface area contributed by atoms with Gasteiger partial charge in [-0.05, 0) is 44.2 Å². The SMILES string of the molecule is CC1(NC(=O)C2C3CCC4(CC(=O)c5ccccc5O4)C32)CCS(=O)(=O)C1. The molecule has 144 valence electrons. The molecule has 0 radical (unpaired) electrons. The molecule has 2 heterocycles. The number of rotatable bonds is 2. The lowest BCUT2D eigenvalue weighted by Gasteiger charge is -2.37. The minimum Gasteiger partial charge on any atom is -0.486 e. The summed E-state index contributed by atoms with van der Waals surface area (Å²) in [5, 5.41) is 3.00. The van der Waals surface area contributed by atoms with Crippen LogP contribution < -0.4 is 10.1 Å². The van der Waals surface area contributed by atoms with Crippen LogP contribution in [0.1, 0.15) is 43.0 Å². The van der Waals surface area contributed by atoms with Gasteiger partial charge in [0.15, 0.2) is 15.6 Å². The molecular weight excluding hydrogens is 366 g/mol. The number of amides is 1. The van der Waals surface area contributed by atoms with E-state index in [4.69, 9.17) is 4.74 Å². The Bertz CT molecular complexity index is 957. The highest BCUT2D eigenvalue weighted by Gasteiger charge is 2.70. The summed E-state index contributed by atoms with van der Waals surface area (Å²) in [4.78, 5) is 25.5. The lowest BCUT2D eigenvalue weighted by molar-refractivity contribution is -0.125. The molecule has 1 amide bonds. The second kappa shape index (κ2) is 5.34. The Morgan fingerprint density at radius 1 is 1.26 bits per heavy atom. The van der Waals surface area contributed by atoms with Crippen LogP contribution in [-0.4, -0.2) is 42.8 Å². The van der Waals surface area contributed by atoms with Gasteiger partial charge in [0.1, 0.15) is 11.4 Å². The number of ketones is 1. The zero-order valence-corrected chi connectivity index (χ0v) is 16.1. The predicted octanol–water partition coefficient (Wildman–Crippen LogP) is 1.74. The molecule has 6 nitrogen and oxygen atoms in total. The first-order valence-electron chi connectivity index (χ1n) is 9.56. The van der Waals surface area contributed by atoms with Gasteiger partial charge >= 0.3 is 0 Å². The van der Waals surface area contributed by atoms with E-state index in [9.17, 15) is 18.0 Å². The van der Waals surface area contributed by atoms with Gasteiger partial charge in [-0.1, -0.05) is 12.1 Å². The summed E-state index contributed by atoms with van der Waals surface area (Å²) >= 11 is 0. The lowest BCUT2D eigenvalue weighted by Crippen LogP contribution is -2.49. The smallest absolute Gasteiger partial charge is 0.224 e. The molecule has 27 heavy (non-hydrogen) atoms. The molecule has 5 rings (SSSR count). The summed E-state index contributed by atoms with van der Waals surface area (Å²) in [5.74, 6) is 0.823. The minimum absolute atomic E-state index is 0.00129. The topological polar surface area (TPSA) is 89.5 Å². The van der Waals surface area contributed by atoms with Gasteiger partial charge in [-0.3, -0.25) is 9.59 Å². The van der Waals surface area contributed by atoms with Crippen LogP contribution in [-0.2, 0) is 14.6 Å². The van der Waals surface area contributed by atoms with Crippen molar-refractivity contribution in [3.8, 4) is 5.75 Å². The highest BCUT2D eigenvalue weighted by molar-refractivity contribution is 7.91. The van der Waals surface area contributed by atoms with Crippen molar-refractivity contribution in [3.05, 3.63) is 29.8 Å². The number of carbonyl (C=O) groups is 2. The summed E-state index contributed by atoms with van der Waals surface area (Å²) in [6, 6.07) is 7.30. The highest BCUT2D eigenvalue weighted by Crippen LogP contribution is 2.65. The van der Waals surface area contributed by atoms with Crippen LogP contribution in [0.2, 0.25) is 0 Å². The van der Waals surface area contributed by atoms with Crippen LogP contribution in [0, 0.1) is 17.8 Å². The second-order valence-corrected chi connectivity index (χ2v) is 11.1. The average Bonchev–Trinajstić information content (AvgIpc) is 3.15. The molecule has 0 aromatic heterocycles. The van der Waals surface area contributed by atoms with E-state index in [1.54, 1.807) is 13.0 Å². The predicted molar refractivity (Wildman–Crippen MR) is 98.3 cm³/mol. The largest absolute Gasteiger partial charge is 0.486 e. The van der Waals surface area contributed by atoms with Crippen molar-refractivity contribution in [1.29, 1.82) is 0 Å². The zero-order valence-electron chi connectivity index (χ0n) is 15.2. The van der Waals surface area contributed by atoms with E-state index in [1.807, 2.05) is 18.2 Å². The number of carbonyl (C=O) groups excluding carboxylic acids is 2. The Labute approximate surface area is 158 Å². The zero-order chi connectivity index (χ0) is 19.0. The fraction of sp³-hybridized carbons (Fsp3) is 0.600. The van der Waals surface area contributed by atoms with Crippen LogP contribution in [0.15, 0.2) is 24.3 Å². The molecule has 2 saturated carbocycles. The Hall–Kier alpha value is -1.89. The summed E-state index contributed by atoms with van der Waals surface area (Å²) < 4.78 is 29.9. The molecule has 5 atom stereocenters. The van der Waals surface area contributed by atoms with Crippen molar-refractivity contribution < 1.29 is 22.7 Å². The first kappa shape index (κ1) is 17.2. The van der Waals surface area contributed by atoms with Gasteiger partial charge < -0.3 is 10.1 Å². The molecule has 1 aromatic rings. The van der Waals surface area contributed by atoms with Gasteiger partial charge in [-0.15, -0.1) is 0 Å². The van der Waals surface area contributed by atoms with Crippen molar-refractivity contribution >= 4 is 21.5 Å². The highest BCUT2D eigenvalue weighted by atomic mass is 32.2. The maximum absolute atomic E-state index is 12.9. The molecule has 1 saturated heterocycles. The minimum atomic E-state index is -3.08. The van der Waals surface area contributed by atoms with Crippen molar-refractivity contribution in [2.45, 2.75) is 43.7 Å². The molecule has 3 fully saturated rings. The van der Waals surface area contributed by atoms with E-state index in [0.29, 0.717) is 24.2 Å². The van der Waals surface area contributed by atoms with Gasteiger partial charge in [0, 0.05) is 11.8 Å². The van der Waals surface area contributed by atoms with Gasteiger partial charge in [0.05, 0.1) is 29.0 Å². The Balaban J connectivity index is 1.35. The normalized spacial score (nSPS) is 40.9. The lowest BCUT2D eigenvalue weighted by atomic mass is 9.84. The number of para-hydroxylation sites is 1. The maximum atomic E-state index is 12.9. The van der Waals surface area contributed by atoms with Gasteiger partial charge in [0.2, 0.25) is 5.91 Å². The number of benzene rings is 1. The van der Waals surface area contributed by atoms with Gasteiger partial charge in [-0.25, -0.2) is 8.42 Å². The first-order chi connectivity index (χ1) is 12.7. The number of nitrogens with one attached hydrogen (secondary N) is 1. The summed E-state index contributed by atoms with van der Waals surface area (Å²) in [7, 11) is -3.08. The number of ether oxygens (including phenoxy) is 1. The van der Waals surface area contributed by atoms with E-state index >= 15 is 0 Å². The molecule has 7 heteroatoms. The number of fused-ring (bicyclic) bond motifs is 3. The number of sulfone groups is 1. The van der Waals surface area contributed by atoms with Crippen molar-refractivity contribution in [2.75, 3.05) is 11.5 Å². The molecule has 4 aliphatic rings.